The first-order valence-corrected chi connectivity index (χ1v) is 7.65. The van der Waals surface area contributed by atoms with Gasteiger partial charge in [0.1, 0.15) is 0 Å². The molecule has 0 bridgehead atoms. The molecule has 3 aromatic rings. The van der Waals surface area contributed by atoms with Crippen LogP contribution in [0, 0.1) is 0 Å². The maximum Gasteiger partial charge on any atom is 0.234 e. The van der Waals surface area contributed by atoms with Crippen LogP contribution in [-0.4, -0.2) is 26.5 Å². The van der Waals surface area contributed by atoms with Gasteiger partial charge in [-0.05, 0) is 12.5 Å². The molecule has 0 radical (unpaired) electrons. The Morgan fingerprint density at radius 1 is 1.26 bits per heavy atom. The molecule has 0 aliphatic heterocycles. The smallest absolute Gasteiger partial charge is 0.234 e. The van der Waals surface area contributed by atoms with E-state index in [-0.39, 0.29) is 5.92 Å². The van der Waals surface area contributed by atoms with Crippen molar-refractivity contribution < 1.29 is 9.26 Å². The van der Waals surface area contributed by atoms with Crippen LogP contribution < -0.4 is 0 Å². The summed E-state index contributed by atoms with van der Waals surface area (Å²) in [6, 6.07) is 10.1. The van der Waals surface area contributed by atoms with Crippen LogP contribution in [0.15, 0.2) is 47.2 Å². The lowest BCUT2D eigenvalue weighted by Gasteiger charge is -2.02. The fraction of sp³-hybridized carbons (Fsp3) is 0.353. The largest absolute Gasteiger partial charge is 0.376 e. The Morgan fingerprint density at radius 3 is 2.83 bits per heavy atom. The second-order valence-corrected chi connectivity index (χ2v) is 5.51. The monoisotopic (exact) mass is 312 g/mol. The Bertz CT molecular complexity index is 736. The van der Waals surface area contributed by atoms with E-state index in [1.165, 1.54) is 0 Å². The minimum Gasteiger partial charge on any atom is -0.376 e. The average Bonchev–Trinajstić information content (AvgIpc) is 3.21. The van der Waals surface area contributed by atoms with Crippen molar-refractivity contribution in [2.45, 2.75) is 25.9 Å². The van der Waals surface area contributed by atoms with E-state index in [0.717, 1.165) is 11.1 Å². The molecule has 0 aliphatic carbocycles. The number of hydrogen-bond donors (Lipinski definition) is 0. The van der Waals surface area contributed by atoms with Gasteiger partial charge in [0.2, 0.25) is 5.89 Å². The third-order valence-corrected chi connectivity index (χ3v) is 3.66. The molecule has 0 aliphatic rings. The van der Waals surface area contributed by atoms with Gasteiger partial charge in [-0.15, -0.1) is 0 Å². The zero-order chi connectivity index (χ0) is 16.1. The van der Waals surface area contributed by atoms with Crippen LogP contribution in [0.4, 0.5) is 0 Å². The maximum absolute atomic E-state index is 5.65. The highest BCUT2D eigenvalue weighted by Crippen LogP contribution is 2.21. The molecule has 2 aromatic heterocycles. The molecule has 1 aromatic carbocycles. The van der Waals surface area contributed by atoms with Crippen molar-refractivity contribution in [1.82, 2.24) is 19.9 Å². The number of ether oxygens (including phenoxy) is 1. The molecule has 0 saturated carbocycles. The Morgan fingerprint density at radius 2 is 2.09 bits per heavy atom. The lowest BCUT2D eigenvalue weighted by Crippen LogP contribution is -2.01. The SMILES string of the molecule is CC(c1cnn(C)c1)c1nc(CCOCc2ccccc2)no1. The molecule has 23 heavy (non-hydrogen) atoms. The van der Waals surface area contributed by atoms with E-state index in [1.807, 2.05) is 56.7 Å². The first-order chi connectivity index (χ1) is 11.2. The van der Waals surface area contributed by atoms with E-state index in [0.29, 0.717) is 31.3 Å². The zero-order valence-corrected chi connectivity index (χ0v) is 13.3. The summed E-state index contributed by atoms with van der Waals surface area (Å²) in [5.74, 6) is 1.31. The Kier molecular flexibility index (Phi) is 4.83. The number of hydrogen-bond acceptors (Lipinski definition) is 5. The lowest BCUT2D eigenvalue weighted by atomic mass is 10.1. The van der Waals surface area contributed by atoms with Crippen molar-refractivity contribution in [2.24, 2.45) is 7.05 Å². The third kappa shape index (κ3) is 4.04. The first-order valence-electron chi connectivity index (χ1n) is 7.65. The molecule has 0 spiro atoms. The van der Waals surface area contributed by atoms with Crippen LogP contribution in [-0.2, 0) is 24.8 Å². The topological polar surface area (TPSA) is 66.0 Å². The molecule has 6 heteroatoms. The van der Waals surface area contributed by atoms with Gasteiger partial charge in [0.15, 0.2) is 5.82 Å². The lowest BCUT2D eigenvalue weighted by molar-refractivity contribution is 0.122. The predicted molar refractivity (Wildman–Crippen MR) is 84.8 cm³/mol. The van der Waals surface area contributed by atoms with Gasteiger partial charge in [-0.25, -0.2) is 0 Å². The molecule has 0 fully saturated rings. The molecule has 0 N–H and O–H groups in total. The van der Waals surface area contributed by atoms with Crippen LogP contribution in [0.5, 0.6) is 0 Å². The quantitative estimate of drug-likeness (QED) is 0.628. The Balaban J connectivity index is 1.49. The summed E-state index contributed by atoms with van der Waals surface area (Å²) >= 11 is 0. The third-order valence-electron chi connectivity index (χ3n) is 3.66. The summed E-state index contributed by atoms with van der Waals surface area (Å²) in [5.41, 5.74) is 2.22. The van der Waals surface area contributed by atoms with Crippen molar-refractivity contribution in [3.8, 4) is 0 Å². The molecule has 1 atom stereocenters. The van der Waals surface area contributed by atoms with Crippen LogP contribution >= 0.6 is 0 Å². The van der Waals surface area contributed by atoms with Gasteiger partial charge < -0.3 is 9.26 Å². The van der Waals surface area contributed by atoms with Gasteiger partial charge in [0.05, 0.1) is 25.3 Å². The summed E-state index contributed by atoms with van der Waals surface area (Å²) in [4.78, 5) is 4.45. The molecule has 120 valence electrons. The van der Waals surface area contributed by atoms with Crippen LogP contribution in [0.25, 0.3) is 0 Å². The molecule has 2 heterocycles. The van der Waals surface area contributed by atoms with Gasteiger partial charge in [-0.3, -0.25) is 4.68 Å². The van der Waals surface area contributed by atoms with Crippen molar-refractivity contribution in [3.63, 3.8) is 0 Å². The number of aryl methyl sites for hydroxylation is 1. The standard InChI is InChI=1S/C17H20N4O2/c1-13(15-10-18-21(2)11-15)17-19-16(20-23-17)8-9-22-12-14-6-4-3-5-7-14/h3-7,10-11,13H,8-9,12H2,1-2H3. The van der Waals surface area contributed by atoms with E-state index < -0.39 is 0 Å². The van der Waals surface area contributed by atoms with Gasteiger partial charge in [0.25, 0.3) is 0 Å². The van der Waals surface area contributed by atoms with Crippen LogP contribution in [0.1, 0.15) is 35.7 Å². The fourth-order valence-electron chi connectivity index (χ4n) is 2.28. The van der Waals surface area contributed by atoms with Crippen molar-refractivity contribution >= 4 is 0 Å². The van der Waals surface area contributed by atoms with E-state index in [2.05, 4.69) is 15.2 Å². The van der Waals surface area contributed by atoms with Gasteiger partial charge in [-0.1, -0.05) is 35.5 Å². The summed E-state index contributed by atoms with van der Waals surface area (Å²) in [6.45, 7) is 3.19. The summed E-state index contributed by atoms with van der Waals surface area (Å²) in [6.07, 6.45) is 4.41. The number of rotatable bonds is 7. The van der Waals surface area contributed by atoms with Gasteiger partial charge in [-0.2, -0.15) is 10.1 Å². The minimum absolute atomic E-state index is 0.0372. The van der Waals surface area contributed by atoms with E-state index in [1.54, 1.807) is 4.68 Å². The molecule has 3 rings (SSSR count). The van der Waals surface area contributed by atoms with E-state index >= 15 is 0 Å². The molecule has 0 amide bonds. The second-order valence-electron chi connectivity index (χ2n) is 5.51. The Labute approximate surface area is 135 Å². The molecule has 6 nitrogen and oxygen atoms in total. The highest BCUT2D eigenvalue weighted by molar-refractivity contribution is 5.17. The van der Waals surface area contributed by atoms with Gasteiger partial charge >= 0.3 is 0 Å². The summed E-state index contributed by atoms with van der Waals surface area (Å²) in [7, 11) is 1.89. The molecule has 1 unspecified atom stereocenters. The number of benzene rings is 1. The highest BCUT2D eigenvalue weighted by atomic mass is 16.5. The van der Waals surface area contributed by atoms with Crippen molar-refractivity contribution in [2.75, 3.05) is 6.61 Å². The summed E-state index contributed by atoms with van der Waals surface area (Å²) in [5, 5.41) is 8.19. The molecular formula is C17H20N4O2. The molecule has 0 saturated heterocycles. The van der Waals surface area contributed by atoms with E-state index in [4.69, 9.17) is 9.26 Å². The fourth-order valence-corrected chi connectivity index (χ4v) is 2.28. The first kappa shape index (κ1) is 15.4. The van der Waals surface area contributed by atoms with E-state index in [9.17, 15) is 0 Å². The van der Waals surface area contributed by atoms with Crippen molar-refractivity contribution in [3.05, 3.63) is 65.6 Å². The van der Waals surface area contributed by atoms with Crippen molar-refractivity contribution in [1.29, 1.82) is 0 Å². The maximum atomic E-state index is 5.65. The highest BCUT2D eigenvalue weighted by Gasteiger charge is 2.17. The number of nitrogens with zero attached hydrogens (tertiary/aromatic N) is 4. The van der Waals surface area contributed by atoms with Gasteiger partial charge in [0, 0.05) is 25.2 Å². The average molecular weight is 312 g/mol. The second kappa shape index (κ2) is 7.19. The Hall–Kier alpha value is -2.47. The predicted octanol–water partition coefficient (Wildman–Crippen LogP) is 2.71. The normalized spacial score (nSPS) is 12.4. The van der Waals surface area contributed by atoms with Crippen LogP contribution in [0.3, 0.4) is 0 Å². The number of aromatic nitrogens is 4. The van der Waals surface area contributed by atoms with Crippen LogP contribution in [0.2, 0.25) is 0 Å². The summed E-state index contributed by atoms with van der Waals surface area (Å²) < 4.78 is 12.8. The minimum atomic E-state index is 0.0372. The zero-order valence-electron chi connectivity index (χ0n) is 13.3. The molecular weight excluding hydrogens is 292 g/mol.